The first kappa shape index (κ1) is 91.4. The van der Waals surface area contributed by atoms with Gasteiger partial charge in [-0.05, 0) is 158 Å². The van der Waals surface area contributed by atoms with Gasteiger partial charge in [0.2, 0.25) is 5.88 Å². The molecular weight excluding hydrogens is 1670 g/mol. The average Bonchev–Trinajstić information content (AvgIpc) is 0.832. The van der Waals surface area contributed by atoms with Gasteiger partial charge < -0.3 is 28.7 Å². The highest BCUT2D eigenvalue weighted by Gasteiger charge is 2.27. The molecule has 0 fully saturated rings. The summed E-state index contributed by atoms with van der Waals surface area (Å²) in [4.78, 5) is 126. The van der Waals surface area contributed by atoms with Crippen LogP contribution in [0.1, 0.15) is 109 Å². The Bertz CT molecular complexity index is 6260. The van der Waals surface area contributed by atoms with Crippen molar-refractivity contribution in [3.05, 3.63) is 382 Å². The lowest BCUT2D eigenvalue weighted by Crippen LogP contribution is -2.12. The zero-order chi connectivity index (χ0) is 89.7. The van der Waals surface area contributed by atoms with Crippen molar-refractivity contribution in [2.45, 2.75) is 65.7 Å². The van der Waals surface area contributed by atoms with E-state index in [0.717, 1.165) is 70.1 Å². The molecule has 0 aliphatic carbocycles. The molecule has 10 heterocycles. The minimum Gasteiger partial charge on any atom is -0.481 e. The van der Waals surface area contributed by atoms with Crippen LogP contribution in [0.2, 0.25) is 10.0 Å². The molecule has 0 aliphatic rings. The SMILES string of the molecule is CC(F)(F)c1cccc(CC(=O)c2cc(F)cc(Oc3cncnc3)c2)n1.COc1cccc(CC(=O)c2cc(F)cc(Oc3cncnc3)c2)n1.Cc1ccc(CC(=O)c2cc(Cl)cc(N(C)c3cncnc3)c2)nc1.Cc1ccnc(CC(=O)c2cc(Cl)cc(Oc3cncnc3)c2)c1.Cc1cncc(CC(=O)c2cc(F)cc(N(C)c3cncnc3)c2)c1. The number of aromatic nitrogens is 15. The van der Waals surface area contributed by atoms with Gasteiger partial charge in [-0.1, -0.05) is 47.5 Å². The number of ether oxygens (including phenoxy) is 4. The molecule has 0 saturated carbocycles. The van der Waals surface area contributed by atoms with Crippen molar-refractivity contribution >= 4 is 74.9 Å². The van der Waals surface area contributed by atoms with Crippen LogP contribution in [0.4, 0.5) is 44.7 Å². The summed E-state index contributed by atoms with van der Waals surface area (Å²) < 4.78 is 90.1. The summed E-state index contributed by atoms with van der Waals surface area (Å²) in [7, 11) is 5.14. The van der Waals surface area contributed by atoms with Crippen molar-refractivity contribution in [3.8, 4) is 40.4 Å². The summed E-state index contributed by atoms with van der Waals surface area (Å²) >= 11 is 12.3. The first-order valence-corrected chi connectivity index (χ1v) is 38.9. The van der Waals surface area contributed by atoms with Gasteiger partial charge in [0.25, 0.3) is 5.92 Å². The molecule has 0 saturated heterocycles. The molecule has 5 aromatic carbocycles. The van der Waals surface area contributed by atoms with Crippen molar-refractivity contribution in [1.29, 1.82) is 0 Å². The van der Waals surface area contributed by atoms with Crippen LogP contribution < -0.4 is 28.7 Å². The van der Waals surface area contributed by atoms with E-state index in [9.17, 15) is 45.9 Å². The highest BCUT2D eigenvalue weighted by molar-refractivity contribution is 6.31. The number of alkyl halides is 2. The smallest absolute Gasteiger partial charge is 0.286 e. The number of hydrogen-bond donors (Lipinski definition) is 0. The number of ketones is 5. The summed E-state index contributed by atoms with van der Waals surface area (Å²) in [5.74, 6) is -3.60. The molecule has 0 spiro atoms. The molecule has 15 rings (SSSR count). The molecule has 636 valence electrons. The zero-order valence-electron chi connectivity index (χ0n) is 68.4. The van der Waals surface area contributed by atoms with E-state index in [1.807, 2.05) is 69.1 Å². The Morgan fingerprint density at radius 1 is 0.357 bits per heavy atom. The molecule has 0 N–H and O–H groups in total. The van der Waals surface area contributed by atoms with Gasteiger partial charge in [-0.15, -0.1) is 0 Å². The number of nitrogens with zero attached hydrogens (tertiary/aromatic N) is 17. The largest absolute Gasteiger partial charge is 0.481 e. The van der Waals surface area contributed by atoms with Crippen LogP contribution in [-0.4, -0.2) is 125 Å². The van der Waals surface area contributed by atoms with Crippen LogP contribution >= 0.6 is 23.2 Å². The molecule has 0 radical (unpaired) electrons. The molecule has 26 nitrogen and oxygen atoms in total. The van der Waals surface area contributed by atoms with Crippen LogP contribution in [0.3, 0.4) is 0 Å². The summed E-state index contributed by atoms with van der Waals surface area (Å²) in [5.41, 5.74) is 10.1. The van der Waals surface area contributed by atoms with Gasteiger partial charge in [0.1, 0.15) is 72.0 Å². The van der Waals surface area contributed by atoms with Crippen LogP contribution in [0.15, 0.2) is 276 Å². The van der Waals surface area contributed by atoms with E-state index < -0.39 is 34.9 Å². The van der Waals surface area contributed by atoms with Crippen LogP contribution in [-0.2, 0) is 38.0 Å². The van der Waals surface area contributed by atoms with Crippen LogP contribution in [0.25, 0.3) is 0 Å². The Labute approximate surface area is 729 Å². The number of halogens is 7. The molecule has 0 amide bonds. The number of pyridine rings is 5. The van der Waals surface area contributed by atoms with E-state index in [1.54, 1.807) is 116 Å². The van der Waals surface area contributed by atoms with Gasteiger partial charge >= 0.3 is 0 Å². The van der Waals surface area contributed by atoms with Crippen molar-refractivity contribution in [1.82, 2.24) is 74.8 Å². The summed E-state index contributed by atoms with van der Waals surface area (Å²) in [5, 5.41) is 0.923. The highest BCUT2D eigenvalue weighted by Crippen LogP contribution is 2.33. The molecular formula is C93H76Cl2F5N17O9. The number of hydrogen-bond acceptors (Lipinski definition) is 26. The fourth-order valence-electron chi connectivity index (χ4n) is 11.7. The Kier molecular flexibility index (Phi) is 32.2. The third-order valence-corrected chi connectivity index (χ3v) is 18.2. The van der Waals surface area contributed by atoms with E-state index in [2.05, 4.69) is 74.8 Å². The number of benzene rings is 5. The fourth-order valence-corrected chi connectivity index (χ4v) is 12.2. The second-order valence-electron chi connectivity index (χ2n) is 27.9. The third kappa shape index (κ3) is 28.4. The number of methoxy groups -OCH3 is 1. The molecule has 0 aliphatic heterocycles. The first-order valence-electron chi connectivity index (χ1n) is 38.1. The van der Waals surface area contributed by atoms with Gasteiger partial charge in [0.15, 0.2) is 46.2 Å². The lowest BCUT2D eigenvalue weighted by Gasteiger charge is -2.19. The molecule has 0 unspecified atom stereocenters. The standard InChI is InChI=1S/C19H17ClN4O.C19H14F3N3O2.C19H17FN4O.C18H14ClN3O2.C18H14FN3O3/c1-13-3-4-16(23-9-13)8-19(25)14-5-15(20)7-17(6-14)24(2)18-10-21-12-22-11-18;1-19(21,22)18-4-2-3-14(25-18)8-17(26)12-5-13(20)7-15(6-12)27-16-9-23-11-24-10-16;1-13-3-14(9-21-8-13)4-19(25)15-5-16(20)7-17(6-15)24(2)18-10-22-12-23-11-18;1-12-2-3-22-15(4-12)8-18(23)13-5-14(19)7-16(6-13)24-17-9-20-11-21-10-17;1-24-18-4-2-3-14(22-18)8-17(23)12-5-13(19)7-15(6-12)25-16-9-20-11-21-10-16/h3-7,9-12H,8H2,1-2H3;2-7,9-11H,8H2,1H3;3,5-12H,4H2,1-2H3;2-7,9-11H,8H2,1H3;2-7,9-11H,8H2,1H3. The third-order valence-electron chi connectivity index (χ3n) is 17.8. The predicted molar refractivity (Wildman–Crippen MR) is 460 cm³/mol. The Balaban J connectivity index is 0.000000153. The molecule has 33 heteroatoms. The minimum atomic E-state index is -3.11. The maximum atomic E-state index is 14.0. The van der Waals surface area contributed by atoms with Gasteiger partial charge in [0, 0.05) is 137 Å². The van der Waals surface area contributed by atoms with E-state index in [1.165, 1.54) is 124 Å². The Morgan fingerprint density at radius 3 is 1.25 bits per heavy atom. The molecule has 0 bridgehead atoms. The molecule has 126 heavy (non-hydrogen) atoms. The average molecular weight is 1740 g/mol. The highest BCUT2D eigenvalue weighted by atomic mass is 35.5. The minimum absolute atomic E-state index is 0.0224. The van der Waals surface area contributed by atoms with Gasteiger partial charge in [-0.2, -0.15) is 8.78 Å². The van der Waals surface area contributed by atoms with Crippen LogP contribution in [0, 0.1) is 38.2 Å². The van der Waals surface area contributed by atoms with Crippen molar-refractivity contribution in [3.63, 3.8) is 0 Å². The molecule has 0 atom stereocenters. The number of anilines is 4. The number of rotatable bonds is 27. The monoisotopic (exact) mass is 1740 g/mol. The Hall–Kier alpha value is -15.4. The van der Waals surface area contributed by atoms with E-state index >= 15 is 0 Å². The number of carbonyl (C=O) groups excluding carboxylic acids is 5. The summed E-state index contributed by atoms with van der Waals surface area (Å²) in [6.07, 6.45) is 29.6. The predicted octanol–water partition coefficient (Wildman–Crippen LogP) is 19.2. The topological polar surface area (TPSA) is 322 Å². The second-order valence-corrected chi connectivity index (χ2v) is 28.7. The number of carbonyl (C=O) groups is 5. The quantitative estimate of drug-likeness (QED) is 0.0341. The summed E-state index contributed by atoms with van der Waals surface area (Å²) in [6.45, 7) is 6.57. The van der Waals surface area contributed by atoms with Crippen LogP contribution in [0.5, 0.6) is 40.4 Å². The Morgan fingerprint density at radius 2 is 0.778 bits per heavy atom. The second kappa shape index (κ2) is 44.4. The van der Waals surface area contributed by atoms with E-state index in [0.29, 0.717) is 66.9 Å². The van der Waals surface area contributed by atoms with Gasteiger partial charge in [-0.25, -0.2) is 68.0 Å². The zero-order valence-corrected chi connectivity index (χ0v) is 70.0. The van der Waals surface area contributed by atoms with Crippen molar-refractivity contribution in [2.75, 3.05) is 31.0 Å². The normalized spacial score (nSPS) is 10.6. The lowest BCUT2D eigenvalue weighted by atomic mass is 10.0. The van der Waals surface area contributed by atoms with E-state index in [-0.39, 0.29) is 89.3 Å². The van der Waals surface area contributed by atoms with Crippen molar-refractivity contribution < 1.29 is 64.9 Å². The van der Waals surface area contributed by atoms with E-state index in [4.69, 9.17) is 42.1 Å². The maximum absolute atomic E-state index is 14.0. The fraction of sp³-hybridized carbons (Fsp3) is 0.140. The van der Waals surface area contributed by atoms with Gasteiger partial charge in [0.05, 0.1) is 112 Å². The maximum Gasteiger partial charge on any atom is 0.286 e. The molecule has 15 aromatic rings. The molecule has 10 aromatic heterocycles. The number of Topliss-reactive ketones (excluding diaryl/α,β-unsaturated/α-hetero) is 5. The number of aryl methyl sites for hydroxylation is 3. The lowest BCUT2D eigenvalue weighted by molar-refractivity contribution is 0.0125. The summed E-state index contributed by atoms with van der Waals surface area (Å²) in [6, 6.07) is 40.5. The first-order chi connectivity index (χ1) is 60.6. The van der Waals surface area contributed by atoms with Crippen molar-refractivity contribution in [2.24, 2.45) is 0 Å². The van der Waals surface area contributed by atoms with Gasteiger partial charge in [-0.3, -0.25) is 43.9 Å².